The van der Waals surface area contributed by atoms with E-state index in [0.717, 1.165) is 15.5 Å². The van der Waals surface area contributed by atoms with Crippen LogP contribution in [0.2, 0.25) is 5.02 Å². The molecular weight excluding hydrogens is 314 g/mol. The number of hydrogen-bond donors (Lipinski definition) is 1. The first kappa shape index (κ1) is 13.5. The second kappa shape index (κ2) is 5.87. The monoisotopic (exact) mass is 323 g/mol. The summed E-state index contributed by atoms with van der Waals surface area (Å²) >= 11 is 8.92. The van der Waals surface area contributed by atoms with Crippen molar-refractivity contribution in [3.05, 3.63) is 47.6 Å². The van der Waals surface area contributed by atoms with Gasteiger partial charge < -0.3 is 10.2 Å². The maximum atomic E-state index is 5.86. The standard InChI is InChI=1S/C13H10ClN3OS2/c14-9-3-1-8(2-4-9)10-5-16-11(18-10)7-19-12-6-17-13(15)20-12/h1-6H,7H2,(H2,15,17). The number of nitrogen functional groups attached to an aromatic ring is 1. The Kier molecular flexibility index (Phi) is 3.95. The Morgan fingerprint density at radius 1 is 1.20 bits per heavy atom. The molecule has 0 atom stereocenters. The van der Waals surface area contributed by atoms with Gasteiger partial charge in [0.25, 0.3) is 0 Å². The molecule has 0 amide bonds. The highest BCUT2D eigenvalue weighted by Gasteiger charge is 2.08. The number of nitrogens with two attached hydrogens (primary N) is 1. The summed E-state index contributed by atoms with van der Waals surface area (Å²) in [6.45, 7) is 0. The summed E-state index contributed by atoms with van der Waals surface area (Å²) in [7, 11) is 0. The molecule has 0 bridgehead atoms. The summed E-state index contributed by atoms with van der Waals surface area (Å²) in [5.74, 6) is 2.06. The molecule has 2 aromatic heterocycles. The van der Waals surface area contributed by atoms with Crippen LogP contribution in [0.4, 0.5) is 5.13 Å². The van der Waals surface area contributed by atoms with Gasteiger partial charge in [0.15, 0.2) is 10.9 Å². The van der Waals surface area contributed by atoms with Gasteiger partial charge in [-0.3, -0.25) is 0 Å². The molecule has 0 aliphatic carbocycles. The van der Waals surface area contributed by atoms with Crippen LogP contribution in [-0.2, 0) is 5.75 Å². The van der Waals surface area contributed by atoms with Gasteiger partial charge in [-0.05, 0) is 24.3 Å². The SMILES string of the molecule is Nc1ncc(SCc2ncc(-c3ccc(Cl)cc3)o2)s1. The van der Waals surface area contributed by atoms with Gasteiger partial charge in [0.1, 0.15) is 0 Å². The molecule has 0 aliphatic rings. The molecule has 0 spiro atoms. The molecule has 0 saturated carbocycles. The summed E-state index contributed by atoms with van der Waals surface area (Å²) in [4.78, 5) is 8.27. The molecule has 0 fully saturated rings. The summed E-state index contributed by atoms with van der Waals surface area (Å²) in [5.41, 5.74) is 6.54. The lowest BCUT2D eigenvalue weighted by atomic mass is 10.2. The van der Waals surface area contributed by atoms with Crippen molar-refractivity contribution in [1.29, 1.82) is 0 Å². The number of thioether (sulfide) groups is 1. The third kappa shape index (κ3) is 3.15. The van der Waals surface area contributed by atoms with E-state index in [4.69, 9.17) is 21.8 Å². The number of hydrogen-bond acceptors (Lipinski definition) is 6. The smallest absolute Gasteiger partial charge is 0.205 e. The van der Waals surface area contributed by atoms with E-state index < -0.39 is 0 Å². The van der Waals surface area contributed by atoms with E-state index in [0.29, 0.717) is 21.8 Å². The number of nitrogens with zero attached hydrogens (tertiary/aromatic N) is 2. The van der Waals surface area contributed by atoms with Gasteiger partial charge in [-0.15, -0.1) is 11.8 Å². The van der Waals surface area contributed by atoms with Gasteiger partial charge in [-0.1, -0.05) is 22.9 Å². The van der Waals surface area contributed by atoms with Crippen molar-refractivity contribution in [2.75, 3.05) is 5.73 Å². The first-order chi connectivity index (χ1) is 9.70. The average molecular weight is 324 g/mol. The van der Waals surface area contributed by atoms with Gasteiger partial charge in [-0.2, -0.15) is 0 Å². The van der Waals surface area contributed by atoms with Crippen LogP contribution in [0.1, 0.15) is 5.89 Å². The number of halogens is 1. The fourth-order valence-corrected chi connectivity index (χ4v) is 3.33. The topological polar surface area (TPSA) is 64.9 Å². The zero-order chi connectivity index (χ0) is 13.9. The van der Waals surface area contributed by atoms with Crippen LogP contribution >= 0.6 is 34.7 Å². The number of oxazole rings is 1. The second-order valence-electron chi connectivity index (χ2n) is 3.93. The summed E-state index contributed by atoms with van der Waals surface area (Å²) in [6, 6.07) is 7.47. The molecule has 20 heavy (non-hydrogen) atoms. The van der Waals surface area contributed by atoms with Crippen molar-refractivity contribution in [2.24, 2.45) is 0 Å². The van der Waals surface area contributed by atoms with Crippen LogP contribution in [0.3, 0.4) is 0 Å². The molecule has 4 nitrogen and oxygen atoms in total. The minimum Gasteiger partial charge on any atom is -0.440 e. The zero-order valence-electron chi connectivity index (χ0n) is 10.2. The van der Waals surface area contributed by atoms with Crippen molar-refractivity contribution in [2.45, 2.75) is 9.96 Å². The third-order valence-electron chi connectivity index (χ3n) is 2.52. The maximum absolute atomic E-state index is 5.86. The normalized spacial score (nSPS) is 10.8. The first-order valence-corrected chi connectivity index (χ1v) is 7.93. The van der Waals surface area contributed by atoms with E-state index in [9.17, 15) is 0 Å². The molecular formula is C13H10ClN3OS2. The van der Waals surface area contributed by atoms with Gasteiger partial charge >= 0.3 is 0 Å². The van der Waals surface area contributed by atoms with E-state index in [-0.39, 0.29) is 0 Å². The van der Waals surface area contributed by atoms with E-state index in [2.05, 4.69) is 9.97 Å². The molecule has 3 rings (SSSR count). The minimum atomic E-state index is 0.571. The molecule has 0 aliphatic heterocycles. The molecule has 1 aromatic carbocycles. The Bertz CT molecular complexity index is 708. The number of rotatable bonds is 4. The molecule has 7 heteroatoms. The molecule has 0 radical (unpaired) electrons. The van der Waals surface area contributed by atoms with Crippen molar-refractivity contribution in [1.82, 2.24) is 9.97 Å². The molecule has 0 unspecified atom stereocenters. The maximum Gasteiger partial charge on any atom is 0.205 e. The van der Waals surface area contributed by atoms with Crippen molar-refractivity contribution in [3.63, 3.8) is 0 Å². The van der Waals surface area contributed by atoms with Crippen LogP contribution in [0.25, 0.3) is 11.3 Å². The van der Waals surface area contributed by atoms with Crippen LogP contribution in [0.5, 0.6) is 0 Å². The highest BCUT2D eigenvalue weighted by atomic mass is 35.5. The molecule has 2 heterocycles. The molecule has 2 N–H and O–H groups in total. The number of aromatic nitrogens is 2. The number of thiazole rings is 1. The lowest BCUT2D eigenvalue weighted by Crippen LogP contribution is -1.77. The quantitative estimate of drug-likeness (QED) is 0.724. The van der Waals surface area contributed by atoms with Crippen molar-refractivity contribution in [3.8, 4) is 11.3 Å². The largest absolute Gasteiger partial charge is 0.440 e. The lowest BCUT2D eigenvalue weighted by Gasteiger charge is -1.96. The van der Waals surface area contributed by atoms with Gasteiger partial charge in [0.2, 0.25) is 5.89 Å². The number of anilines is 1. The Hall–Kier alpha value is -1.50. The fourth-order valence-electron chi connectivity index (χ4n) is 1.60. The highest BCUT2D eigenvalue weighted by Crippen LogP contribution is 2.30. The van der Waals surface area contributed by atoms with E-state index in [1.807, 2.05) is 24.3 Å². The highest BCUT2D eigenvalue weighted by molar-refractivity contribution is 8.00. The molecule has 3 aromatic rings. The number of benzene rings is 1. The van der Waals surface area contributed by atoms with E-state index >= 15 is 0 Å². The second-order valence-corrected chi connectivity index (χ2v) is 6.71. The molecule has 0 saturated heterocycles. The Morgan fingerprint density at radius 3 is 2.70 bits per heavy atom. The predicted molar refractivity (Wildman–Crippen MR) is 83.0 cm³/mol. The zero-order valence-corrected chi connectivity index (χ0v) is 12.6. The lowest BCUT2D eigenvalue weighted by molar-refractivity contribution is 0.530. The Balaban J connectivity index is 1.69. The minimum absolute atomic E-state index is 0.571. The van der Waals surface area contributed by atoms with E-state index in [1.165, 1.54) is 11.3 Å². The van der Waals surface area contributed by atoms with Gasteiger partial charge in [0.05, 0.1) is 22.4 Å². The first-order valence-electron chi connectivity index (χ1n) is 5.75. The fraction of sp³-hybridized carbons (Fsp3) is 0.0769. The van der Waals surface area contributed by atoms with Crippen molar-refractivity contribution < 1.29 is 4.42 Å². The van der Waals surface area contributed by atoms with Gasteiger partial charge in [-0.25, -0.2) is 9.97 Å². The summed E-state index contributed by atoms with van der Waals surface area (Å²) in [5, 5.41) is 1.27. The van der Waals surface area contributed by atoms with Crippen LogP contribution in [0, 0.1) is 0 Å². The van der Waals surface area contributed by atoms with Crippen molar-refractivity contribution >= 4 is 39.8 Å². The van der Waals surface area contributed by atoms with Crippen LogP contribution in [0.15, 0.2) is 45.3 Å². The van der Waals surface area contributed by atoms with Crippen LogP contribution < -0.4 is 5.73 Å². The summed E-state index contributed by atoms with van der Waals surface area (Å²) < 4.78 is 6.77. The average Bonchev–Trinajstić information content (AvgIpc) is 3.06. The Labute approximate surface area is 129 Å². The summed E-state index contributed by atoms with van der Waals surface area (Å²) in [6.07, 6.45) is 3.48. The van der Waals surface area contributed by atoms with Crippen LogP contribution in [-0.4, -0.2) is 9.97 Å². The van der Waals surface area contributed by atoms with Gasteiger partial charge in [0, 0.05) is 10.6 Å². The van der Waals surface area contributed by atoms with E-state index in [1.54, 1.807) is 24.2 Å². The third-order valence-corrected chi connectivity index (χ3v) is 4.78. The molecule has 102 valence electrons. The predicted octanol–water partition coefficient (Wildman–Crippen LogP) is 4.33. The Morgan fingerprint density at radius 2 is 2.00 bits per heavy atom.